The number of halogens is 3. The van der Waals surface area contributed by atoms with Crippen molar-refractivity contribution in [3.63, 3.8) is 0 Å². The van der Waals surface area contributed by atoms with E-state index in [1.807, 2.05) is 6.08 Å². The molecule has 0 fully saturated rings. The van der Waals surface area contributed by atoms with E-state index in [1.165, 1.54) is 5.17 Å². The molecule has 0 aliphatic carbocycles. The first-order chi connectivity index (χ1) is 5.13. The molecule has 0 amide bonds. The third-order valence-electron chi connectivity index (χ3n) is 1.13. The monoisotopic (exact) mass is 490 g/mol. The van der Waals surface area contributed by atoms with Gasteiger partial charge in [0.15, 0.2) is 0 Å². The minimum atomic E-state index is 0.192. The average molecular weight is 490 g/mol. The molecule has 0 aromatic carbocycles. The van der Waals surface area contributed by atoms with Crippen molar-refractivity contribution in [1.82, 2.24) is 0 Å². The summed E-state index contributed by atoms with van der Waals surface area (Å²) in [5.74, 6) is 0. The Labute approximate surface area is 108 Å². The van der Waals surface area contributed by atoms with Gasteiger partial charge in [0.05, 0.1) is 7.69 Å². The van der Waals surface area contributed by atoms with Crippen LogP contribution in [0.5, 0.6) is 0 Å². The van der Waals surface area contributed by atoms with E-state index < -0.39 is 0 Å². The molecule has 0 rings (SSSR count). The Morgan fingerprint density at radius 2 is 2.09 bits per heavy atom. The van der Waals surface area contributed by atoms with Gasteiger partial charge in [0.2, 0.25) is 0 Å². The molecule has 1 unspecified atom stereocenters. The van der Waals surface area contributed by atoms with E-state index in [2.05, 4.69) is 74.4 Å². The van der Waals surface area contributed by atoms with Crippen LogP contribution in [0.25, 0.3) is 0 Å². The molecule has 4 heteroatoms. The maximum atomic E-state index is 5.27. The van der Waals surface area contributed by atoms with E-state index in [0.29, 0.717) is 0 Å². The fourth-order valence-electron chi connectivity index (χ4n) is 0.576. The van der Waals surface area contributed by atoms with Crippen LogP contribution in [0.2, 0.25) is 0 Å². The van der Waals surface area contributed by atoms with Gasteiger partial charge in [-0.05, 0) is 74.2 Å². The molecule has 0 bridgehead atoms. The van der Waals surface area contributed by atoms with Crippen molar-refractivity contribution in [2.75, 3.05) is 7.11 Å². The number of rotatable bonds is 4. The smallest absolute Gasteiger partial charge is 0.0927 e. The van der Waals surface area contributed by atoms with Crippen LogP contribution in [0.1, 0.15) is 6.42 Å². The lowest BCUT2D eigenvalue weighted by atomic mass is 10.2. The van der Waals surface area contributed by atoms with Crippen molar-refractivity contribution in [3.8, 4) is 0 Å². The molecule has 0 radical (unpaired) electrons. The lowest BCUT2D eigenvalue weighted by Crippen LogP contribution is -2.08. The summed E-state index contributed by atoms with van der Waals surface area (Å²) < 4.78 is 7.78. The summed E-state index contributed by atoms with van der Waals surface area (Å²) in [7, 11) is 1.73. The Hall–Kier alpha value is 1.63. The molecule has 0 aliphatic heterocycles. The van der Waals surface area contributed by atoms with Gasteiger partial charge >= 0.3 is 0 Å². The molecule has 11 heavy (non-hydrogen) atoms. The molecule has 0 heterocycles. The van der Waals surface area contributed by atoms with Crippen LogP contribution in [0.15, 0.2) is 17.8 Å². The summed E-state index contributed by atoms with van der Waals surface area (Å²) in [4.78, 5) is 0. The zero-order chi connectivity index (χ0) is 8.85. The largest absolute Gasteiger partial charge is 0.376 e. The molecule has 0 aromatic heterocycles. The standard InChI is InChI=1S/C7H9I3O/c1-3-4-5(11-2)6(8)7(9)10/h3,5H,1,4H2,2H3. The minimum absolute atomic E-state index is 0.192. The first-order valence-corrected chi connectivity index (χ1v) is 6.21. The van der Waals surface area contributed by atoms with Crippen molar-refractivity contribution in [1.29, 1.82) is 0 Å². The van der Waals surface area contributed by atoms with Crippen molar-refractivity contribution >= 4 is 67.8 Å². The zero-order valence-corrected chi connectivity index (χ0v) is 12.6. The quantitative estimate of drug-likeness (QED) is 0.428. The first-order valence-electron chi connectivity index (χ1n) is 2.97. The lowest BCUT2D eigenvalue weighted by Gasteiger charge is -2.12. The normalized spacial score (nSPS) is 12.4. The summed E-state index contributed by atoms with van der Waals surface area (Å²) in [5.41, 5.74) is 0. The van der Waals surface area contributed by atoms with Crippen molar-refractivity contribution < 1.29 is 4.74 Å². The Morgan fingerprint density at radius 3 is 2.36 bits per heavy atom. The molecule has 1 nitrogen and oxygen atoms in total. The van der Waals surface area contributed by atoms with Gasteiger partial charge in [0.1, 0.15) is 0 Å². The average Bonchev–Trinajstić information content (AvgIpc) is 1.98. The van der Waals surface area contributed by atoms with E-state index in [-0.39, 0.29) is 6.10 Å². The number of methoxy groups -OCH3 is 1. The fraction of sp³-hybridized carbons (Fsp3) is 0.429. The summed E-state index contributed by atoms with van der Waals surface area (Å²) >= 11 is 6.89. The van der Waals surface area contributed by atoms with Crippen LogP contribution < -0.4 is 0 Å². The van der Waals surface area contributed by atoms with Crippen LogP contribution in [0, 0.1) is 0 Å². The van der Waals surface area contributed by atoms with Gasteiger partial charge in [-0.25, -0.2) is 0 Å². The Balaban J connectivity index is 4.25. The molecular formula is C7H9I3O. The number of hydrogen-bond donors (Lipinski definition) is 0. The highest BCUT2D eigenvalue weighted by molar-refractivity contribution is 14.2. The van der Waals surface area contributed by atoms with Crippen LogP contribution in [-0.4, -0.2) is 13.2 Å². The zero-order valence-electron chi connectivity index (χ0n) is 6.11. The predicted molar refractivity (Wildman–Crippen MR) is 74.7 cm³/mol. The summed E-state index contributed by atoms with van der Waals surface area (Å²) in [6.07, 6.45) is 2.95. The highest BCUT2D eigenvalue weighted by Gasteiger charge is 2.10. The fourth-order valence-corrected chi connectivity index (χ4v) is 1.78. The van der Waals surface area contributed by atoms with Gasteiger partial charge in [-0.15, -0.1) is 6.58 Å². The SMILES string of the molecule is C=CCC(OC)C(I)=C(I)I. The van der Waals surface area contributed by atoms with Crippen molar-refractivity contribution in [3.05, 3.63) is 17.8 Å². The van der Waals surface area contributed by atoms with Crippen molar-refractivity contribution in [2.24, 2.45) is 0 Å². The number of ether oxygens (including phenoxy) is 1. The Morgan fingerprint density at radius 1 is 1.55 bits per heavy atom. The van der Waals surface area contributed by atoms with Crippen LogP contribution >= 0.6 is 67.8 Å². The van der Waals surface area contributed by atoms with Gasteiger partial charge in [-0.3, -0.25) is 0 Å². The van der Waals surface area contributed by atoms with E-state index >= 15 is 0 Å². The molecule has 0 N–H and O–H groups in total. The molecule has 1 atom stereocenters. The second-order valence-corrected chi connectivity index (χ2v) is 7.24. The van der Waals surface area contributed by atoms with Crippen molar-refractivity contribution in [2.45, 2.75) is 12.5 Å². The van der Waals surface area contributed by atoms with Gasteiger partial charge in [0, 0.05) is 10.7 Å². The second-order valence-electron chi connectivity index (χ2n) is 1.86. The molecule has 64 valence electrons. The molecule has 0 aromatic rings. The van der Waals surface area contributed by atoms with Gasteiger partial charge in [-0.2, -0.15) is 0 Å². The van der Waals surface area contributed by atoms with E-state index in [4.69, 9.17) is 4.74 Å². The summed E-state index contributed by atoms with van der Waals surface area (Å²) in [6, 6.07) is 0. The van der Waals surface area contributed by atoms with E-state index in [1.54, 1.807) is 7.11 Å². The maximum absolute atomic E-state index is 5.27. The third-order valence-corrected chi connectivity index (χ3v) is 5.59. The minimum Gasteiger partial charge on any atom is -0.376 e. The van der Waals surface area contributed by atoms with Gasteiger partial charge < -0.3 is 4.74 Å². The van der Waals surface area contributed by atoms with Crippen LogP contribution in [0.4, 0.5) is 0 Å². The molecule has 0 saturated carbocycles. The summed E-state index contributed by atoms with van der Waals surface area (Å²) in [6.45, 7) is 3.68. The van der Waals surface area contributed by atoms with E-state index in [0.717, 1.165) is 6.42 Å². The third kappa shape index (κ3) is 5.04. The van der Waals surface area contributed by atoms with Gasteiger partial charge in [0.25, 0.3) is 0 Å². The van der Waals surface area contributed by atoms with Crippen LogP contribution in [0.3, 0.4) is 0 Å². The molecular weight excluding hydrogens is 481 g/mol. The Bertz CT molecular complexity index is 161. The molecule has 0 aliphatic rings. The topological polar surface area (TPSA) is 9.23 Å². The molecule has 0 spiro atoms. The summed E-state index contributed by atoms with van der Waals surface area (Å²) in [5, 5.41) is 0. The maximum Gasteiger partial charge on any atom is 0.0927 e. The predicted octanol–water partition coefficient (Wildman–Crippen LogP) is 4.05. The van der Waals surface area contributed by atoms with Crippen LogP contribution in [-0.2, 0) is 4.74 Å². The Kier molecular flexibility index (Phi) is 8.12. The highest BCUT2D eigenvalue weighted by atomic mass is 127. The molecule has 0 saturated heterocycles. The highest BCUT2D eigenvalue weighted by Crippen LogP contribution is 2.30. The van der Waals surface area contributed by atoms with Gasteiger partial charge in [-0.1, -0.05) is 6.08 Å². The lowest BCUT2D eigenvalue weighted by molar-refractivity contribution is 0.142. The second kappa shape index (κ2) is 7.07. The number of hydrogen-bond acceptors (Lipinski definition) is 1. The van der Waals surface area contributed by atoms with E-state index in [9.17, 15) is 0 Å². The first kappa shape index (κ1) is 12.6.